The standard InChI is InChI=1S/C13H23NO2/c1-9(2)12-6-13(7-12,8-12)14-10(15)16-11(3,4)5/h9H,6-8H2,1-5H3,(H,14,15). The zero-order valence-electron chi connectivity index (χ0n) is 11.0. The molecule has 0 radical (unpaired) electrons. The number of amides is 1. The Bertz CT molecular complexity index is 295. The summed E-state index contributed by atoms with van der Waals surface area (Å²) in [5, 5.41) is 3.03. The van der Waals surface area contributed by atoms with Gasteiger partial charge < -0.3 is 10.1 Å². The molecule has 2 bridgehead atoms. The number of carbonyl (C=O) groups excluding carboxylic acids is 1. The van der Waals surface area contributed by atoms with Crippen LogP contribution >= 0.6 is 0 Å². The van der Waals surface area contributed by atoms with E-state index in [0.29, 0.717) is 5.41 Å². The van der Waals surface area contributed by atoms with Crippen molar-refractivity contribution in [1.29, 1.82) is 0 Å². The number of alkyl carbamates (subject to hydrolysis) is 1. The third kappa shape index (κ3) is 1.80. The maximum Gasteiger partial charge on any atom is 0.408 e. The molecule has 1 amide bonds. The molecular formula is C13H23NO2. The molecule has 0 aliphatic heterocycles. The molecule has 16 heavy (non-hydrogen) atoms. The van der Waals surface area contributed by atoms with Crippen LogP contribution in [0.25, 0.3) is 0 Å². The fraction of sp³-hybridized carbons (Fsp3) is 0.923. The normalized spacial score (nSPS) is 36.4. The van der Waals surface area contributed by atoms with E-state index in [1.54, 1.807) is 0 Å². The quantitative estimate of drug-likeness (QED) is 0.784. The minimum absolute atomic E-state index is 0.0760. The highest BCUT2D eigenvalue weighted by atomic mass is 16.6. The van der Waals surface area contributed by atoms with Crippen LogP contribution in [0.3, 0.4) is 0 Å². The number of ether oxygens (including phenoxy) is 1. The molecule has 0 aromatic carbocycles. The Morgan fingerprint density at radius 2 is 1.75 bits per heavy atom. The number of nitrogens with one attached hydrogen (secondary N) is 1. The van der Waals surface area contributed by atoms with Gasteiger partial charge in [0.25, 0.3) is 0 Å². The van der Waals surface area contributed by atoms with E-state index in [4.69, 9.17) is 4.74 Å². The molecule has 3 rings (SSSR count). The van der Waals surface area contributed by atoms with Gasteiger partial charge in [0.1, 0.15) is 5.60 Å². The molecule has 0 spiro atoms. The van der Waals surface area contributed by atoms with E-state index < -0.39 is 5.60 Å². The van der Waals surface area contributed by atoms with Gasteiger partial charge in [-0.3, -0.25) is 0 Å². The molecule has 1 N–H and O–H groups in total. The van der Waals surface area contributed by atoms with Crippen LogP contribution in [0.2, 0.25) is 0 Å². The summed E-state index contributed by atoms with van der Waals surface area (Å²) in [4.78, 5) is 11.6. The van der Waals surface area contributed by atoms with Gasteiger partial charge in [-0.25, -0.2) is 4.79 Å². The summed E-state index contributed by atoms with van der Waals surface area (Å²) in [6.45, 7) is 10.2. The Kier molecular flexibility index (Phi) is 2.31. The third-order valence-electron chi connectivity index (χ3n) is 4.06. The lowest BCUT2D eigenvalue weighted by molar-refractivity contribution is -0.180. The van der Waals surface area contributed by atoms with Crippen molar-refractivity contribution in [2.75, 3.05) is 0 Å². The Morgan fingerprint density at radius 3 is 2.12 bits per heavy atom. The first-order valence-corrected chi connectivity index (χ1v) is 6.18. The van der Waals surface area contributed by atoms with Gasteiger partial charge in [-0.05, 0) is 51.4 Å². The minimum Gasteiger partial charge on any atom is -0.444 e. The number of rotatable bonds is 2. The Balaban J connectivity index is 1.81. The average Bonchev–Trinajstić information content (AvgIpc) is 1.88. The predicted octanol–water partition coefficient (Wildman–Crippen LogP) is 3.09. The molecule has 3 nitrogen and oxygen atoms in total. The first-order valence-electron chi connectivity index (χ1n) is 6.18. The van der Waals surface area contributed by atoms with Crippen molar-refractivity contribution in [2.24, 2.45) is 11.3 Å². The summed E-state index contributed by atoms with van der Waals surface area (Å²) in [6.07, 6.45) is 3.15. The molecule has 3 fully saturated rings. The summed E-state index contributed by atoms with van der Waals surface area (Å²) in [7, 11) is 0. The maximum atomic E-state index is 11.6. The van der Waals surface area contributed by atoms with Gasteiger partial charge in [-0.1, -0.05) is 13.8 Å². The van der Waals surface area contributed by atoms with E-state index >= 15 is 0 Å². The van der Waals surface area contributed by atoms with Crippen molar-refractivity contribution >= 4 is 6.09 Å². The molecule has 3 aliphatic carbocycles. The van der Waals surface area contributed by atoms with Crippen molar-refractivity contribution < 1.29 is 9.53 Å². The summed E-state index contributed by atoms with van der Waals surface area (Å²) in [5.41, 5.74) is 0.199. The Labute approximate surface area is 97.9 Å². The fourth-order valence-corrected chi connectivity index (χ4v) is 3.13. The summed E-state index contributed by atoms with van der Waals surface area (Å²) in [5.74, 6) is 0.731. The van der Waals surface area contributed by atoms with Crippen LogP contribution in [0.15, 0.2) is 0 Å². The molecule has 0 saturated heterocycles. The fourth-order valence-electron chi connectivity index (χ4n) is 3.13. The molecule has 0 atom stereocenters. The first kappa shape index (κ1) is 11.7. The highest BCUT2D eigenvalue weighted by molar-refractivity contribution is 5.69. The van der Waals surface area contributed by atoms with Crippen LogP contribution in [0.1, 0.15) is 53.9 Å². The van der Waals surface area contributed by atoms with Gasteiger partial charge in [0.05, 0.1) is 0 Å². The van der Waals surface area contributed by atoms with Crippen molar-refractivity contribution in [3.8, 4) is 0 Å². The number of carbonyl (C=O) groups is 1. The SMILES string of the molecule is CC(C)C12CC(NC(=O)OC(C)(C)C)(C1)C2. The monoisotopic (exact) mass is 225 g/mol. The van der Waals surface area contributed by atoms with E-state index in [2.05, 4.69) is 19.2 Å². The van der Waals surface area contributed by atoms with Crippen molar-refractivity contribution in [3.05, 3.63) is 0 Å². The number of hydrogen-bond acceptors (Lipinski definition) is 2. The lowest BCUT2D eigenvalue weighted by Gasteiger charge is -2.72. The van der Waals surface area contributed by atoms with Crippen molar-refractivity contribution in [2.45, 2.75) is 65.0 Å². The highest BCUT2D eigenvalue weighted by Crippen LogP contribution is 2.70. The summed E-state index contributed by atoms with van der Waals surface area (Å²) in [6, 6.07) is 0. The second-order valence-corrected chi connectivity index (χ2v) is 6.95. The van der Waals surface area contributed by atoms with Gasteiger partial charge in [-0.15, -0.1) is 0 Å². The first-order chi connectivity index (χ1) is 7.17. The summed E-state index contributed by atoms with van der Waals surface area (Å²) < 4.78 is 5.28. The topological polar surface area (TPSA) is 38.3 Å². The highest BCUT2D eigenvalue weighted by Gasteiger charge is 2.69. The average molecular weight is 225 g/mol. The van der Waals surface area contributed by atoms with E-state index in [9.17, 15) is 4.79 Å². The van der Waals surface area contributed by atoms with Gasteiger partial charge in [-0.2, -0.15) is 0 Å². The zero-order valence-corrected chi connectivity index (χ0v) is 11.0. The smallest absolute Gasteiger partial charge is 0.408 e. The van der Waals surface area contributed by atoms with Gasteiger partial charge >= 0.3 is 6.09 Å². The molecule has 0 aromatic rings. The molecule has 0 heterocycles. The third-order valence-corrected chi connectivity index (χ3v) is 4.06. The van der Waals surface area contributed by atoms with E-state index in [0.717, 1.165) is 25.2 Å². The largest absolute Gasteiger partial charge is 0.444 e. The second-order valence-electron chi connectivity index (χ2n) is 6.95. The van der Waals surface area contributed by atoms with Crippen LogP contribution in [0, 0.1) is 11.3 Å². The minimum atomic E-state index is -0.399. The van der Waals surface area contributed by atoms with Gasteiger partial charge in [0.2, 0.25) is 0 Å². The van der Waals surface area contributed by atoms with Crippen molar-refractivity contribution in [3.63, 3.8) is 0 Å². The van der Waals surface area contributed by atoms with E-state index in [-0.39, 0.29) is 11.6 Å². The second kappa shape index (κ2) is 3.14. The molecule has 3 heteroatoms. The maximum absolute atomic E-state index is 11.6. The molecule has 0 aromatic heterocycles. The van der Waals surface area contributed by atoms with Gasteiger partial charge in [0.15, 0.2) is 0 Å². The van der Waals surface area contributed by atoms with Gasteiger partial charge in [0, 0.05) is 5.54 Å². The van der Waals surface area contributed by atoms with E-state index in [1.165, 1.54) is 0 Å². The molecular weight excluding hydrogens is 202 g/mol. The lowest BCUT2D eigenvalue weighted by Crippen LogP contribution is -2.76. The molecule has 92 valence electrons. The van der Waals surface area contributed by atoms with Crippen LogP contribution in [0.4, 0.5) is 4.79 Å². The Morgan fingerprint density at radius 1 is 1.25 bits per heavy atom. The predicted molar refractivity (Wildman–Crippen MR) is 63.2 cm³/mol. The van der Waals surface area contributed by atoms with Crippen LogP contribution in [-0.2, 0) is 4.74 Å². The number of hydrogen-bond donors (Lipinski definition) is 1. The summed E-state index contributed by atoms with van der Waals surface area (Å²) >= 11 is 0. The molecule has 3 saturated carbocycles. The van der Waals surface area contributed by atoms with Crippen LogP contribution < -0.4 is 5.32 Å². The molecule has 0 unspecified atom stereocenters. The Hall–Kier alpha value is -0.730. The molecule has 3 aliphatic rings. The lowest BCUT2D eigenvalue weighted by atomic mass is 9.36. The van der Waals surface area contributed by atoms with Crippen molar-refractivity contribution in [1.82, 2.24) is 5.32 Å². The zero-order chi connectivity index (χ0) is 12.2. The van der Waals surface area contributed by atoms with E-state index in [1.807, 2.05) is 20.8 Å². The van der Waals surface area contributed by atoms with Crippen LogP contribution in [-0.4, -0.2) is 17.2 Å². The van der Waals surface area contributed by atoms with Crippen LogP contribution in [0.5, 0.6) is 0 Å².